The molecule has 0 rings (SSSR count). The molecule has 0 aliphatic rings. The van der Waals surface area contributed by atoms with E-state index < -0.39 is 22.3 Å². The van der Waals surface area contributed by atoms with E-state index in [0.717, 1.165) is 0 Å². The maximum absolute atomic E-state index is 9.64. The van der Waals surface area contributed by atoms with Gasteiger partial charge in [0.2, 0.25) is 0 Å². The molecule has 0 aromatic rings. The van der Waals surface area contributed by atoms with Crippen LogP contribution in [0.25, 0.3) is 0 Å². The molecule has 0 saturated carbocycles. The minimum absolute atomic E-state index is 0. The van der Waals surface area contributed by atoms with Crippen LogP contribution >= 0.6 is 0 Å². The van der Waals surface area contributed by atoms with Gasteiger partial charge >= 0.3 is 49.7 Å². The van der Waals surface area contributed by atoms with Gasteiger partial charge in [-0.15, -0.1) is 0 Å². The molecule has 0 aromatic heterocycles. The van der Waals surface area contributed by atoms with E-state index in [4.69, 9.17) is 27.7 Å². The molecule has 0 saturated heterocycles. The standard InChI is InChI=1S/C4H6O4.Ca.H2O4S/c5-3(6)1-2-4(7)8;;1-5(2,3)4/h1-2H2,(H,5,6)(H,7,8);;(H2,1,2,3,4)/q;+2;/p-2. The molecule has 78 valence electrons. The SMILES string of the molecule is O=C(O)CCC(=O)O.O=S(=O)([O-])[O-].[Ca+2]. The Hall–Kier alpha value is 0.0697. The Morgan fingerprint density at radius 1 is 1.00 bits per heavy atom. The summed E-state index contributed by atoms with van der Waals surface area (Å²) >= 11 is 0. The van der Waals surface area contributed by atoms with Gasteiger partial charge in [0.05, 0.1) is 12.8 Å². The van der Waals surface area contributed by atoms with Crippen LogP contribution in [0, 0.1) is 0 Å². The summed E-state index contributed by atoms with van der Waals surface area (Å²) in [6.07, 6.45) is -0.593. The van der Waals surface area contributed by atoms with Crippen molar-refractivity contribution in [3.8, 4) is 0 Å². The Bertz CT molecular complexity index is 247. The van der Waals surface area contributed by atoms with Crippen molar-refractivity contribution in [2.45, 2.75) is 12.8 Å². The molecule has 0 spiro atoms. The summed E-state index contributed by atoms with van der Waals surface area (Å²) in [5, 5.41) is 15.8. The second kappa shape index (κ2) is 9.62. The first-order valence-electron chi connectivity index (χ1n) is 2.73. The molecule has 0 atom stereocenters. The van der Waals surface area contributed by atoms with E-state index in [1.54, 1.807) is 0 Å². The maximum Gasteiger partial charge on any atom is 2.00 e. The second-order valence-electron chi connectivity index (χ2n) is 1.70. The van der Waals surface area contributed by atoms with E-state index in [1.807, 2.05) is 0 Å². The van der Waals surface area contributed by atoms with Crippen LogP contribution in [-0.2, 0) is 20.0 Å². The molecule has 0 aromatic carbocycles. The molecule has 0 aliphatic heterocycles. The van der Waals surface area contributed by atoms with Gasteiger partial charge in [0.15, 0.2) is 0 Å². The summed E-state index contributed by atoms with van der Waals surface area (Å²) in [6, 6.07) is 0. The third-order valence-corrected chi connectivity index (χ3v) is 0.553. The van der Waals surface area contributed by atoms with Crippen LogP contribution in [0.15, 0.2) is 0 Å². The monoisotopic (exact) mass is 254 g/mol. The average Bonchev–Trinajstić information content (AvgIpc) is 1.79. The average molecular weight is 254 g/mol. The summed E-state index contributed by atoms with van der Waals surface area (Å²) in [5.74, 6) is -2.15. The van der Waals surface area contributed by atoms with Crippen molar-refractivity contribution in [2.75, 3.05) is 0 Å². The van der Waals surface area contributed by atoms with Crippen molar-refractivity contribution >= 4 is 60.1 Å². The van der Waals surface area contributed by atoms with Gasteiger partial charge < -0.3 is 19.3 Å². The second-order valence-corrected chi connectivity index (χ2v) is 2.51. The Labute approximate surface area is 109 Å². The van der Waals surface area contributed by atoms with Crippen molar-refractivity contribution in [3.63, 3.8) is 0 Å². The fourth-order valence-electron chi connectivity index (χ4n) is 0.214. The predicted octanol–water partition coefficient (Wildman–Crippen LogP) is -1.78. The summed E-state index contributed by atoms with van der Waals surface area (Å²) in [4.78, 5) is 19.3. The zero-order chi connectivity index (χ0) is 11.1. The molecule has 0 unspecified atom stereocenters. The van der Waals surface area contributed by atoms with Gasteiger partial charge in [0.1, 0.15) is 0 Å². The van der Waals surface area contributed by atoms with E-state index in [2.05, 4.69) is 0 Å². The Morgan fingerprint density at radius 3 is 1.21 bits per heavy atom. The van der Waals surface area contributed by atoms with Gasteiger partial charge in [-0.2, -0.15) is 0 Å². The maximum atomic E-state index is 9.64. The summed E-state index contributed by atoms with van der Waals surface area (Å²) < 4.78 is 34.1. The van der Waals surface area contributed by atoms with E-state index in [9.17, 15) is 9.59 Å². The zero-order valence-electron chi connectivity index (χ0n) is 6.87. The van der Waals surface area contributed by atoms with Crippen molar-refractivity contribution < 1.29 is 37.3 Å². The molecule has 0 fully saturated rings. The molecule has 0 bridgehead atoms. The molecule has 8 nitrogen and oxygen atoms in total. The number of rotatable bonds is 3. The number of carbonyl (C=O) groups is 2. The van der Waals surface area contributed by atoms with Gasteiger partial charge in [-0.25, -0.2) is 0 Å². The number of hydrogen-bond acceptors (Lipinski definition) is 6. The van der Waals surface area contributed by atoms with Crippen molar-refractivity contribution in [1.82, 2.24) is 0 Å². The first-order valence-corrected chi connectivity index (χ1v) is 4.06. The molecular weight excluding hydrogens is 248 g/mol. The van der Waals surface area contributed by atoms with Crippen LogP contribution in [0.2, 0.25) is 0 Å². The van der Waals surface area contributed by atoms with E-state index in [0.29, 0.717) is 0 Å². The number of aliphatic carboxylic acids is 2. The summed E-state index contributed by atoms with van der Waals surface area (Å²) in [5.41, 5.74) is 0. The molecule has 0 aliphatic carbocycles. The third-order valence-electron chi connectivity index (χ3n) is 0.553. The molecule has 2 N–H and O–H groups in total. The molecule has 14 heavy (non-hydrogen) atoms. The zero-order valence-corrected chi connectivity index (χ0v) is 9.90. The number of hydrogen-bond donors (Lipinski definition) is 2. The molecule has 0 amide bonds. The fourth-order valence-corrected chi connectivity index (χ4v) is 0.214. The van der Waals surface area contributed by atoms with E-state index >= 15 is 0 Å². The number of carboxylic acids is 2. The fraction of sp³-hybridized carbons (Fsp3) is 0.500. The number of carboxylic acid groups (broad SMARTS) is 2. The first kappa shape index (κ1) is 19.6. The van der Waals surface area contributed by atoms with Gasteiger partial charge in [0, 0.05) is 10.4 Å². The van der Waals surface area contributed by atoms with Crippen LogP contribution in [0.1, 0.15) is 12.8 Å². The van der Waals surface area contributed by atoms with Crippen LogP contribution in [0.3, 0.4) is 0 Å². The first-order chi connectivity index (χ1) is 5.63. The molecule has 0 heterocycles. The van der Waals surface area contributed by atoms with Gasteiger partial charge in [-0.1, -0.05) is 0 Å². The van der Waals surface area contributed by atoms with Crippen LogP contribution in [0.5, 0.6) is 0 Å². The topological polar surface area (TPSA) is 155 Å². The summed E-state index contributed by atoms with van der Waals surface area (Å²) in [7, 11) is -5.17. The van der Waals surface area contributed by atoms with Crippen LogP contribution in [0.4, 0.5) is 0 Å². The van der Waals surface area contributed by atoms with E-state index in [1.165, 1.54) is 0 Å². The van der Waals surface area contributed by atoms with Gasteiger partial charge in [0.25, 0.3) is 0 Å². The minimum Gasteiger partial charge on any atom is -0.759 e. The van der Waals surface area contributed by atoms with E-state index in [-0.39, 0.29) is 50.6 Å². The quantitative estimate of drug-likeness (QED) is 0.340. The molecule has 0 radical (unpaired) electrons. The predicted molar refractivity (Wildman–Crippen MR) is 40.7 cm³/mol. The smallest absolute Gasteiger partial charge is 0.759 e. The third kappa shape index (κ3) is 57.5. The Morgan fingerprint density at radius 2 is 1.14 bits per heavy atom. The van der Waals surface area contributed by atoms with Crippen molar-refractivity contribution in [2.24, 2.45) is 0 Å². The minimum atomic E-state index is -5.17. The van der Waals surface area contributed by atoms with Crippen LogP contribution < -0.4 is 0 Å². The van der Waals surface area contributed by atoms with Gasteiger partial charge in [-0.05, 0) is 0 Å². The van der Waals surface area contributed by atoms with Crippen molar-refractivity contribution in [3.05, 3.63) is 0 Å². The Kier molecular flexibility index (Phi) is 13.5. The largest absolute Gasteiger partial charge is 2.00 e. The summed E-state index contributed by atoms with van der Waals surface area (Å²) in [6.45, 7) is 0. The molecule has 10 heteroatoms. The molecular formula is C4H6CaO8S. The Balaban J connectivity index is -0.000000177. The normalized spacial score (nSPS) is 9.00. The van der Waals surface area contributed by atoms with Crippen molar-refractivity contribution in [1.29, 1.82) is 0 Å². The van der Waals surface area contributed by atoms with Gasteiger partial charge in [-0.3, -0.25) is 18.0 Å². The van der Waals surface area contributed by atoms with Crippen LogP contribution in [-0.4, -0.2) is 77.4 Å².